The van der Waals surface area contributed by atoms with E-state index in [1.54, 1.807) is 36.1 Å². The second kappa shape index (κ2) is 8.43. The first-order chi connectivity index (χ1) is 15.6. The molecule has 5 rings (SSSR count). The van der Waals surface area contributed by atoms with Crippen LogP contribution in [0.2, 0.25) is 5.02 Å². The number of ether oxygens (including phenoxy) is 1. The van der Waals surface area contributed by atoms with E-state index in [9.17, 15) is 4.79 Å². The minimum atomic E-state index is -0.0241. The number of halogens is 1. The van der Waals surface area contributed by atoms with Crippen molar-refractivity contribution in [3.8, 4) is 11.4 Å². The number of piperazine rings is 1. The SMILES string of the molecule is COc1cccc(-n2nnc3c(N4CCN(C(=O)c5cccc(Cl)c5)CC4)ncnc32)c1. The zero-order chi connectivity index (χ0) is 22.1. The van der Waals surface area contributed by atoms with Gasteiger partial charge in [-0.1, -0.05) is 28.9 Å². The van der Waals surface area contributed by atoms with E-state index in [1.807, 2.05) is 29.2 Å². The van der Waals surface area contributed by atoms with Crippen molar-refractivity contribution < 1.29 is 9.53 Å². The molecule has 9 nitrogen and oxygen atoms in total. The number of rotatable bonds is 4. The Kier molecular flexibility index (Phi) is 5.32. The number of aromatic nitrogens is 5. The third kappa shape index (κ3) is 3.71. The lowest BCUT2D eigenvalue weighted by molar-refractivity contribution is 0.0746. The summed E-state index contributed by atoms with van der Waals surface area (Å²) in [5.74, 6) is 1.41. The molecule has 4 aromatic rings. The minimum Gasteiger partial charge on any atom is -0.497 e. The number of nitrogens with zero attached hydrogens (tertiary/aromatic N) is 7. The van der Waals surface area contributed by atoms with Gasteiger partial charge >= 0.3 is 0 Å². The average molecular weight is 450 g/mol. The molecule has 0 radical (unpaired) electrons. The van der Waals surface area contributed by atoms with E-state index in [0.29, 0.717) is 53.7 Å². The first-order valence-electron chi connectivity index (χ1n) is 10.1. The molecule has 0 aliphatic carbocycles. The van der Waals surface area contributed by atoms with E-state index in [2.05, 4.69) is 25.2 Å². The van der Waals surface area contributed by atoms with Crippen LogP contribution in [0.15, 0.2) is 54.9 Å². The third-order valence-electron chi connectivity index (χ3n) is 5.45. The number of benzene rings is 2. The van der Waals surface area contributed by atoms with Crippen LogP contribution in [-0.2, 0) is 0 Å². The van der Waals surface area contributed by atoms with Gasteiger partial charge in [0, 0.05) is 42.8 Å². The Balaban J connectivity index is 1.37. The maximum absolute atomic E-state index is 12.8. The fourth-order valence-electron chi connectivity index (χ4n) is 3.81. The lowest BCUT2D eigenvalue weighted by Crippen LogP contribution is -2.49. The first kappa shape index (κ1) is 20.2. The summed E-state index contributed by atoms with van der Waals surface area (Å²) in [4.78, 5) is 25.6. The van der Waals surface area contributed by atoms with Crippen molar-refractivity contribution in [2.24, 2.45) is 0 Å². The van der Waals surface area contributed by atoms with Crippen LogP contribution in [0.4, 0.5) is 5.82 Å². The predicted octanol–water partition coefficient (Wildman–Crippen LogP) is 2.83. The second-order valence-electron chi connectivity index (χ2n) is 7.36. The van der Waals surface area contributed by atoms with Crippen LogP contribution in [0, 0.1) is 0 Å². The van der Waals surface area contributed by atoms with Crippen LogP contribution in [0.5, 0.6) is 5.75 Å². The molecule has 1 fully saturated rings. The standard InChI is InChI=1S/C22H20ClN7O2/c1-32-18-7-3-6-17(13-18)30-21-19(26-27-30)20(24-14-25-21)28-8-10-29(11-9-28)22(31)15-4-2-5-16(23)12-15/h2-7,12-14H,8-11H2,1H3. The van der Waals surface area contributed by atoms with Gasteiger partial charge in [0.2, 0.25) is 0 Å². The fraction of sp³-hybridized carbons (Fsp3) is 0.227. The fourth-order valence-corrected chi connectivity index (χ4v) is 4.00. The van der Waals surface area contributed by atoms with Gasteiger partial charge in [-0.15, -0.1) is 5.10 Å². The summed E-state index contributed by atoms with van der Waals surface area (Å²) < 4.78 is 6.98. The molecule has 162 valence electrons. The molecule has 1 aliphatic heterocycles. The normalized spacial score (nSPS) is 14.1. The summed E-state index contributed by atoms with van der Waals surface area (Å²) in [6, 6.07) is 14.6. The van der Waals surface area contributed by atoms with Crippen molar-refractivity contribution in [3.05, 3.63) is 65.4 Å². The molecule has 0 atom stereocenters. The predicted molar refractivity (Wildman–Crippen MR) is 121 cm³/mol. The first-order valence-corrected chi connectivity index (χ1v) is 10.5. The Labute approximate surface area is 189 Å². The van der Waals surface area contributed by atoms with Gasteiger partial charge in [-0.05, 0) is 30.3 Å². The Bertz CT molecular complexity index is 1280. The quantitative estimate of drug-likeness (QED) is 0.473. The lowest BCUT2D eigenvalue weighted by Gasteiger charge is -2.35. The number of fused-ring (bicyclic) bond motifs is 1. The van der Waals surface area contributed by atoms with Gasteiger partial charge in [0.15, 0.2) is 17.0 Å². The Morgan fingerprint density at radius 2 is 1.84 bits per heavy atom. The number of hydrogen-bond donors (Lipinski definition) is 0. The molecule has 2 aromatic carbocycles. The van der Waals surface area contributed by atoms with Gasteiger partial charge in [0.25, 0.3) is 5.91 Å². The number of hydrogen-bond acceptors (Lipinski definition) is 7. The minimum absolute atomic E-state index is 0.0241. The highest BCUT2D eigenvalue weighted by Gasteiger charge is 2.25. The van der Waals surface area contributed by atoms with Gasteiger partial charge < -0.3 is 14.5 Å². The topological polar surface area (TPSA) is 89.3 Å². The van der Waals surface area contributed by atoms with E-state index < -0.39 is 0 Å². The molecule has 0 bridgehead atoms. The summed E-state index contributed by atoms with van der Waals surface area (Å²) in [6.07, 6.45) is 1.52. The number of anilines is 1. The molecule has 0 spiro atoms. The molecule has 3 heterocycles. The Morgan fingerprint density at radius 3 is 2.62 bits per heavy atom. The van der Waals surface area contributed by atoms with Crippen molar-refractivity contribution in [1.82, 2.24) is 29.9 Å². The maximum Gasteiger partial charge on any atom is 0.254 e. The zero-order valence-corrected chi connectivity index (χ0v) is 18.1. The van der Waals surface area contributed by atoms with E-state index in [4.69, 9.17) is 16.3 Å². The van der Waals surface area contributed by atoms with E-state index in [-0.39, 0.29) is 5.91 Å². The summed E-state index contributed by atoms with van der Waals surface area (Å²) in [6.45, 7) is 2.40. The zero-order valence-electron chi connectivity index (χ0n) is 17.3. The van der Waals surface area contributed by atoms with Crippen molar-refractivity contribution in [2.45, 2.75) is 0 Å². The monoisotopic (exact) mass is 449 g/mol. The van der Waals surface area contributed by atoms with E-state index in [0.717, 1.165) is 11.4 Å². The summed E-state index contributed by atoms with van der Waals surface area (Å²) in [5.41, 5.74) is 2.62. The molecule has 2 aromatic heterocycles. The van der Waals surface area contributed by atoms with Gasteiger partial charge in [-0.2, -0.15) is 4.68 Å². The van der Waals surface area contributed by atoms with Crippen LogP contribution in [0.3, 0.4) is 0 Å². The summed E-state index contributed by atoms with van der Waals surface area (Å²) in [7, 11) is 1.62. The molecular formula is C22H20ClN7O2. The molecule has 1 saturated heterocycles. The van der Waals surface area contributed by atoms with Crippen molar-refractivity contribution >= 4 is 34.5 Å². The molecule has 1 aliphatic rings. The molecule has 10 heteroatoms. The van der Waals surface area contributed by atoms with Crippen molar-refractivity contribution in [2.75, 3.05) is 38.2 Å². The van der Waals surface area contributed by atoms with Gasteiger partial charge in [0.1, 0.15) is 12.1 Å². The number of amides is 1. The smallest absolute Gasteiger partial charge is 0.254 e. The number of carbonyl (C=O) groups is 1. The van der Waals surface area contributed by atoms with E-state index in [1.165, 1.54) is 6.33 Å². The van der Waals surface area contributed by atoms with Gasteiger partial charge in [-0.3, -0.25) is 4.79 Å². The average Bonchev–Trinajstić information content (AvgIpc) is 3.28. The molecule has 1 amide bonds. The van der Waals surface area contributed by atoms with Crippen molar-refractivity contribution in [1.29, 1.82) is 0 Å². The highest BCUT2D eigenvalue weighted by Crippen LogP contribution is 2.25. The van der Waals surface area contributed by atoms with Crippen LogP contribution < -0.4 is 9.64 Å². The van der Waals surface area contributed by atoms with Crippen molar-refractivity contribution in [3.63, 3.8) is 0 Å². The highest BCUT2D eigenvalue weighted by molar-refractivity contribution is 6.30. The maximum atomic E-state index is 12.8. The Morgan fingerprint density at radius 1 is 1.03 bits per heavy atom. The highest BCUT2D eigenvalue weighted by atomic mass is 35.5. The molecule has 0 unspecified atom stereocenters. The van der Waals surface area contributed by atoms with Gasteiger partial charge in [0.05, 0.1) is 12.8 Å². The second-order valence-corrected chi connectivity index (χ2v) is 7.80. The third-order valence-corrected chi connectivity index (χ3v) is 5.69. The summed E-state index contributed by atoms with van der Waals surface area (Å²) >= 11 is 6.03. The number of methoxy groups -OCH3 is 1. The van der Waals surface area contributed by atoms with Crippen LogP contribution in [0.25, 0.3) is 16.9 Å². The molecule has 32 heavy (non-hydrogen) atoms. The summed E-state index contributed by atoms with van der Waals surface area (Å²) in [5, 5.41) is 9.19. The van der Waals surface area contributed by atoms with Crippen LogP contribution >= 0.6 is 11.6 Å². The molecular weight excluding hydrogens is 430 g/mol. The number of carbonyl (C=O) groups excluding carboxylic acids is 1. The van der Waals surface area contributed by atoms with Crippen LogP contribution in [-0.4, -0.2) is 69.1 Å². The molecule has 0 saturated carbocycles. The van der Waals surface area contributed by atoms with Gasteiger partial charge in [-0.25, -0.2) is 9.97 Å². The van der Waals surface area contributed by atoms with E-state index >= 15 is 0 Å². The Hall–Kier alpha value is -3.72. The van der Waals surface area contributed by atoms with Crippen LogP contribution in [0.1, 0.15) is 10.4 Å². The largest absolute Gasteiger partial charge is 0.497 e. The lowest BCUT2D eigenvalue weighted by atomic mass is 10.2. The molecule has 0 N–H and O–H groups in total.